The first-order valence-electron chi connectivity index (χ1n) is 42.3. The van der Waals surface area contributed by atoms with Crippen molar-refractivity contribution in [2.45, 2.75) is 347 Å². The van der Waals surface area contributed by atoms with Crippen molar-refractivity contribution in [2.75, 3.05) is 79.3 Å². The van der Waals surface area contributed by atoms with E-state index in [-0.39, 0.29) is 6.41 Å². The maximum absolute atomic E-state index is 13.4. The molecule has 33 N–H and O–H groups in total. The van der Waals surface area contributed by atoms with Crippen LogP contribution in [0.2, 0.25) is 0 Å². The zero-order valence-corrected chi connectivity index (χ0v) is 71.7. The third-order valence-corrected chi connectivity index (χ3v) is 23.8. The average molecular weight is 1950 g/mol. The molecular formula is C74H124N6O53. The van der Waals surface area contributed by atoms with Crippen molar-refractivity contribution in [3.63, 3.8) is 0 Å². The van der Waals surface area contributed by atoms with E-state index in [2.05, 4.69) is 31.9 Å². The standard InChI is InChI=1S/C74H124N6O53/c1-19(91)76-35-46(102)40(96)25(7-82)117-65(35)115-16-33-44(100)63(132-67-36(77-20(2)92)47(103)41(97)26(8-83)118-67)56(112)73(125-33)128-58-29(11-86)121-66(37(48(58)104)78-21(3)93)116-17-34-45(101)64(133-69-38(79-22(4)94)49(105)59(30(12-87)122-69)127-71-53(109)51(107)42(98)27(9-84)119-71)57(113)74(126-34)129-60-31(13-88)123-68(39(50(60)106)80-23(5)95)131-62-43(99)28(10-85)120-72(55(62)111)130-61-32(14-89)124-70(54(110)52(61)108)114-15-24(6-81)75-18-90/h18,24-74,81-89,96-113H,6-17H2,1-5H3,(H,75,90)(H,76,91)(H,77,92)(H,78,93)(H,79,94)(H,80,95)/t24-,25-,26-,27-,28-,29-,30-,31-,32-,33-,34-,35-,36-,37-,38-,39-,40-,41-,42+,43+,44+,45+,46-,47-,48-,49-,50-,51+,52-,53-,54-,55-,56-,57-,58-,59-,60-,61-,62+,63+,64+,65-,66-,67+,68+,69+,70-,71+,72+,73+,74+/m1/s1. The second-order valence-corrected chi connectivity index (χ2v) is 33.2. The summed E-state index contributed by atoms with van der Waals surface area (Å²) in [5, 5.41) is 317. The number of carbonyl (C=O) groups excluding carboxylic acids is 6. The molecule has 133 heavy (non-hydrogen) atoms. The molecule has 0 bridgehead atoms. The minimum atomic E-state index is -2.57. The Balaban J connectivity index is 0.948. The third kappa shape index (κ3) is 25.5. The summed E-state index contributed by atoms with van der Waals surface area (Å²) in [5.41, 5.74) is 0. The minimum absolute atomic E-state index is 0.237. The fourth-order valence-electron chi connectivity index (χ4n) is 16.9. The SMILES string of the molecule is CC(=O)N[C@H]1[C@H](O[C@H]2[C@@H](O)[C@@H](CO[C@@H]3O[C@H](CO)[C@@H](O[C@@H]4O[C@H](CO[C@@H]5O[C@H](CO)[C@@H](O)[C@H](O)[C@H]5NC(C)=O)[C@H](O)[C@H](O[C@@H]5O[C@H](CO)[C@@H](O)[C@H](O)[C@H]5NC(C)=O)[C@H]4O)[C@H](O)[C@H]3NC(C)=O)O[C@@H](O[C@H]3[C@H](O)[C@@H](NC(C)=O)[C@H](O[C@H]4[C@@H](O)[C@@H](CO)O[C@@H](O[C@H]5[C@H](O)[C@@H](O)[C@H](OC[C@@H](CO)NC=O)O[C@@H]5CO)[C@@H]4O)O[C@@H]3CO)[C@@H]2O)O[C@H](CO)[C@@H](O[C@@H]2O[C@H](CO)[C@H](O)[C@H](O)[C@H]2O)[C@@H]1O. The molecule has 10 rings (SSSR count). The topological polar surface area (TPSA) is 905 Å². The van der Waals surface area contributed by atoms with Crippen LogP contribution in [0.1, 0.15) is 34.6 Å². The van der Waals surface area contributed by atoms with Gasteiger partial charge in [-0.3, -0.25) is 28.8 Å². The van der Waals surface area contributed by atoms with Crippen LogP contribution in [0.15, 0.2) is 0 Å². The van der Waals surface area contributed by atoms with Crippen molar-refractivity contribution in [3.05, 3.63) is 0 Å². The van der Waals surface area contributed by atoms with E-state index in [1.165, 1.54) is 0 Å². The second-order valence-electron chi connectivity index (χ2n) is 33.2. The Bertz CT molecular complexity index is 3630. The number of aliphatic hydroxyl groups excluding tert-OH is 27. The van der Waals surface area contributed by atoms with Crippen molar-refractivity contribution < 1.29 is 261 Å². The van der Waals surface area contributed by atoms with E-state index >= 15 is 0 Å². The molecule has 51 atom stereocenters. The Morgan fingerprint density at radius 2 is 0.481 bits per heavy atom. The van der Waals surface area contributed by atoms with Gasteiger partial charge in [0.25, 0.3) is 0 Å². The molecule has 0 radical (unpaired) electrons. The Morgan fingerprint density at radius 1 is 0.248 bits per heavy atom. The van der Waals surface area contributed by atoms with Crippen LogP contribution in [0.5, 0.6) is 0 Å². The van der Waals surface area contributed by atoms with Gasteiger partial charge in [-0.25, -0.2) is 0 Å². The highest BCUT2D eigenvalue weighted by Crippen LogP contribution is 2.41. The summed E-state index contributed by atoms with van der Waals surface area (Å²) in [5.74, 6) is -4.70. The zero-order chi connectivity index (χ0) is 97.9. The van der Waals surface area contributed by atoms with Crippen LogP contribution in [0.3, 0.4) is 0 Å². The first-order chi connectivity index (χ1) is 63.1. The summed E-state index contributed by atoms with van der Waals surface area (Å²) in [7, 11) is 0. The Labute approximate surface area is 753 Å². The fourth-order valence-corrected chi connectivity index (χ4v) is 16.9. The van der Waals surface area contributed by atoms with Gasteiger partial charge in [0, 0.05) is 34.6 Å². The summed E-state index contributed by atoms with van der Waals surface area (Å²) in [6, 6.07) is -10.6. The van der Waals surface area contributed by atoms with Gasteiger partial charge in [0.15, 0.2) is 62.9 Å². The van der Waals surface area contributed by atoms with Crippen molar-refractivity contribution in [3.8, 4) is 0 Å². The van der Waals surface area contributed by atoms with Crippen LogP contribution in [0.25, 0.3) is 0 Å². The van der Waals surface area contributed by atoms with Gasteiger partial charge in [0.1, 0.15) is 244 Å². The van der Waals surface area contributed by atoms with E-state index in [4.69, 9.17) is 94.7 Å². The minimum Gasteiger partial charge on any atom is -0.394 e. The van der Waals surface area contributed by atoms with Crippen molar-refractivity contribution in [2.24, 2.45) is 0 Å². The van der Waals surface area contributed by atoms with Crippen LogP contribution in [-0.2, 0) is 124 Å². The van der Waals surface area contributed by atoms with E-state index < -0.39 is 422 Å². The highest BCUT2D eigenvalue weighted by atomic mass is 16.8. The van der Waals surface area contributed by atoms with Crippen LogP contribution in [0.4, 0.5) is 0 Å². The van der Waals surface area contributed by atoms with Crippen LogP contribution in [0, 0.1) is 0 Å². The number of hydrogen-bond acceptors (Lipinski definition) is 53. The molecule has 0 aromatic rings. The molecule has 0 spiro atoms. The maximum atomic E-state index is 13.4. The van der Waals surface area contributed by atoms with E-state index in [1.807, 2.05) is 0 Å². The Morgan fingerprint density at radius 3 is 0.805 bits per heavy atom. The van der Waals surface area contributed by atoms with E-state index in [0.717, 1.165) is 34.6 Å². The van der Waals surface area contributed by atoms with Crippen LogP contribution < -0.4 is 31.9 Å². The molecule has 6 amide bonds. The van der Waals surface area contributed by atoms with E-state index in [0.29, 0.717) is 0 Å². The number of amides is 6. The van der Waals surface area contributed by atoms with Crippen molar-refractivity contribution >= 4 is 35.9 Å². The molecule has 10 fully saturated rings. The number of rotatable bonds is 39. The Hall–Kier alpha value is -5.06. The number of hydrogen-bond donors (Lipinski definition) is 33. The highest BCUT2D eigenvalue weighted by Gasteiger charge is 2.62. The summed E-state index contributed by atoms with van der Waals surface area (Å²) in [6.45, 7) is -7.47. The molecule has 10 heterocycles. The molecule has 10 saturated heterocycles. The lowest BCUT2D eigenvalue weighted by Crippen LogP contribution is -2.71. The monoisotopic (exact) mass is 1940 g/mol. The van der Waals surface area contributed by atoms with Crippen molar-refractivity contribution in [1.29, 1.82) is 0 Å². The summed E-state index contributed by atoms with van der Waals surface area (Å²) < 4.78 is 119. The smallest absolute Gasteiger partial charge is 0.217 e. The molecular weight excluding hydrogens is 1820 g/mol. The van der Waals surface area contributed by atoms with Gasteiger partial charge in [-0.15, -0.1) is 0 Å². The lowest BCUT2D eigenvalue weighted by Gasteiger charge is -2.51. The molecule has 0 saturated carbocycles. The predicted molar refractivity (Wildman–Crippen MR) is 411 cm³/mol. The van der Waals surface area contributed by atoms with Gasteiger partial charge in [0.2, 0.25) is 35.9 Å². The molecule has 768 valence electrons. The van der Waals surface area contributed by atoms with Gasteiger partial charge in [-0.1, -0.05) is 0 Å². The molecule has 0 unspecified atom stereocenters. The number of aliphatic hydroxyl groups is 27. The third-order valence-electron chi connectivity index (χ3n) is 23.8. The molecule has 10 aliphatic heterocycles. The molecule has 0 aliphatic carbocycles. The number of carbonyl (C=O) groups is 6. The Kier molecular flexibility index (Phi) is 40.8. The molecule has 10 aliphatic rings. The normalized spacial score (nSPS) is 46.7. The predicted octanol–water partition coefficient (Wildman–Crippen LogP) is -23.0. The van der Waals surface area contributed by atoms with Gasteiger partial charge < -0.3 is 265 Å². The second kappa shape index (κ2) is 49.4. The van der Waals surface area contributed by atoms with E-state index in [9.17, 15) is 167 Å². The van der Waals surface area contributed by atoms with Gasteiger partial charge in [-0.2, -0.15) is 0 Å². The zero-order valence-electron chi connectivity index (χ0n) is 71.7. The average Bonchev–Trinajstić information content (AvgIpc) is 0.765. The highest BCUT2D eigenvalue weighted by molar-refractivity contribution is 5.75. The molecule has 0 aromatic carbocycles. The lowest BCUT2D eigenvalue weighted by atomic mass is 9.93. The van der Waals surface area contributed by atoms with Gasteiger partial charge in [0.05, 0.1) is 85.3 Å². The molecule has 59 heteroatoms. The number of nitrogens with one attached hydrogen (secondary N) is 6. The molecule has 59 nitrogen and oxygen atoms in total. The fraction of sp³-hybridized carbons (Fsp3) is 0.919. The maximum Gasteiger partial charge on any atom is 0.217 e. The van der Waals surface area contributed by atoms with Crippen molar-refractivity contribution in [1.82, 2.24) is 31.9 Å². The first kappa shape index (κ1) is 110. The first-order valence-corrected chi connectivity index (χ1v) is 42.3. The molecule has 0 aromatic heterocycles. The summed E-state index contributed by atoms with van der Waals surface area (Å²) in [6.07, 6.45) is -93.7. The van der Waals surface area contributed by atoms with Gasteiger partial charge >= 0.3 is 0 Å². The van der Waals surface area contributed by atoms with Crippen LogP contribution in [-0.4, -0.2) is 566 Å². The largest absolute Gasteiger partial charge is 0.394 e. The van der Waals surface area contributed by atoms with Gasteiger partial charge in [-0.05, 0) is 0 Å². The number of ether oxygens (including phenoxy) is 20. The summed E-state index contributed by atoms with van der Waals surface area (Å²) in [4.78, 5) is 75.7. The lowest BCUT2D eigenvalue weighted by molar-refractivity contribution is -0.390. The van der Waals surface area contributed by atoms with Crippen LogP contribution >= 0.6 is 0 Å². The van der Waals surface area contributed by atoms with E-state index in [1.54, 1.807) is 0 Å². The summed E-state index contributed by atoms with van der Waals surface area (Å²) >= 11 is 0. The quantitative estimate of drug-likeness (QED) is 0.0254.